The zero-order valence-electron chi connectivity index (χ0n) is 16.2. The number of rotatable bonds is 8. The molecule has 6 nitrogen and oxygen atoms in total. The van der Waals surface area contributed by atoms with Gasteiger partial charge in [0.2, 0.25) is 15.9 Å². The molecule has 0 aliphatic heterocycles. The monoisotopic (exact) mass is 400 g/mol. The zero-order valence-corrected chi connectivity index (χ0v) is 17.0. The highest BCUT2D eigenvalue weighted by Crippen LogP contribution is 2.17. The number of ketones is 1. The number of allylic oxidation sites excluding steroid dienone is 1. The number of hydrogen-bond donors (Lipinski definition) is 1. The molecule has 0 aromatic heterocycles. The Morgan fingerprint density at radius 1 is 0.964 bits per heavy atom. The summed E-state index contributed by atoms with van der Waals surface area (Å²) >= 11 is 0. The normalized spacial score (nSPS) is 11.7. The number of nitrogens with one attached hydrogen (secondary N) is 1. The van der Waals surface area contributed by atoms with E-state index >= 15 is 0 Å². The fourth-order valence-electron chi connectivity index (χ4n) is 2.65. The molecule has 1 amide bonds. The zero-order chi connectivity index (χ0) is 20.7. The molecule has 0 heterocycles. The third-order valence-corrected chi connectivity index (χ3v) is 6.20. The number of carbonyl (C=O) groups is 2. The standard InChI is InChI=1S/C21H24N2O4S/c1-4-23(5-2)28(26,27)20-13-9-18(10-14-20)21(25)15-8-17-6-11-19(12-7-17)22-16(3)24/h6-15H,4-5H2,1-3H3,(H,22,24). The van der Waals surface area contributed by atoms with Crippen LogP contribution in [0.2, 0.25) is 0 Å². The van der Waals surface area contributed by atoms with Crippen molar-refractivity contribution in [2.24, 2.45) is 0 Å². The van der Waals surface area contributed by atoms with Crippen LogP contribution in [0.3, 0.4) is 0 Å². The van der Waals surface area contributed by atoms with Gasteiger partial charge in [-0.1, -0.05) is 32.1 Å². The van der Waals surface area contributed by atoms with Crippen LogP contribution in [0.25, 0.3) is 6.08 Å². The molecule has 0 bridgehead atoms. The summed E-state index contributed by atoms with van der Waals surface area (Å²) in [6.45, 7) is 5.79. The molecular weight excluding hydrogens is 376 g/mol. The Kier molecular flexibility index (Phi) is 7.25. The average Bonchev–Trinajstić information content (AvgIpc) is 2.67. The SMILES string of the molecule is CCN(CC)S(=O)(=O)c1ccc(C(=O)C=Cc2ccc(NC(C)=O)cc2)cc1. The van der Waals surface area contributed by atoms with Crippen LogP contribution in [0.1, 0.15) is 36.7 Å². The maximum Gasteiger partial charge on any atom is 0.243 e. The van der Waals surface area contributed by atoms with Crippen LogP contribution in [0.4, 0.5) is 5.69 Å². The smallest absolute Gasteiger partial charge is 0.243 e. The molecule has 0 fully saturated rings. The predicted molar refractivity (Wildman–Crippen MR) is 111 cm³/mol. The Labute approximate surface area is 165 Å². The van der Waals surface area contributed by atoms with Crippen LogP contribution in [0.15, 0.2) is 59.5 Å². The van der Waals surface area contributed by atoms with Gasteiger partial charge in [0.25, 0.3) is 0 Å². The fourth-order valence-corrected chi connectivity index (χ4v) is 4.11. The van der Waals surface area contributed by atoms with Gasteiger partial charge in [-0.15, -0.1) is 0 Å². The van der Waals surface area contributed by atoms with Gasteiger partial charge in [0, 0.05) is 31.3 Å². The third kappa shape index (κ3) is 5.37. The summed E-state index contributed by atoms with van der Waals surface area (Å²) in [5, 5.41) is 2.67. The maximum atomic E-state index is 12.5. The molecule has 0 unspecified atom stereocenters. The molecule has 0 saturated heterocycles. The lowest BCUT2D eigenvalue weighted by molar-refractivity contribution is -0.114. The molecule has 0 saturated carbocycles. The predicted octanol–water partition coefficient (Wildman–Crippen LogP) is 3.57. The molecule has 2 aromatic carbocycles. The van der Waals surface area contributed by atoms with E-state index in [4.69, 9.17) is 0 Å². The molecule has 0 spiro atoms. The van der Waals surface area contributed by atoms with Crippen molar-refractivity contribution in [2.75, 3.05) is 18.4 Å². The van der Waals surface area contributed by atoms with Gasteiger partial charge < -0.3 is 5.32 Å². The van der Waals surface area contributed by atoms with E-state index in [-0.39, 0.29) is 16.6 Å². The van der Waals surface area contributed by atoms with Crippen LogP contribution < -0.4 is 5.32 Å². The van der Waals surface area contributed by atoms with Crippen molar-refractivity contribution in [2.45, 2.75) is 25.7 Å². The summed E-state index contributed by atoms with van der Waals surface area (Å²) in [4.78, 5) is 23.5. The van der Waals surface area contributed by atoms with Gasteiger partial charge in [-0.3, -0.25) is 9.59 Å². The van der Waals surface area contributed by atoms with Crippen LogP contribution in [0, 0.1) is 0 Å². The van der Waals surface area contributed by atoms with E-state index in [1.807, 2.05) is 0 Å². The summed E-state index contributed by atoms with van der Waals surface area (Å²) in [5.74, 6) is -0.373. The van der Waals surface area contributed by atoms with Crippen molar-refractivity contribution < 1.29 is 18.0 Å². The Morgan fingerprint density at radius 3 is 2.04 bits per heavy atom. The largest absolute Gasteiger partial charge is 0.326 e. The number of sulfonamides is 1. The molecule has 1 N–H and O–H groups in total. The van der Waals surface area contributed by atoms with Gasteiger partial charge in [-0.25, -0.2) is 8.42 Å². The average molecular weight is 401 g/mol. The van der Waals surface area contributed by atoms with Crippen LogP contribution in [-0.2, 0) is 14.8 Å². The van der Waals surface area contributed by atoms with E-state index in [0.717, 1.165) is 5.56 Å². The van der Waals surface area contributed by atoms with Crippen LogP contribution in [-0.4, -0.2) is 37.5 Å². The van der Waals surface area contributed by atoms with E-state index in [9.17, 15) is 18.0 Å². The Hall–Kier alpha value is -2.77. The summed E-state index contributed by atoms with van der Waals surface area (Å²) in [5.41, 5.74) is 1.90. The first-order chi connectivity index (χ1) is 13.3. The molecule has 0 radical (unpaired) electrons. The van der Waals surface area contributed by atoms with E-state index < -0.39 is 10.0 Å². The van der Waals surface area contributed by atoms with E-state index in [0.29, 0.717) is 24.3 Å². The molecule has 0 aliphatic carbocycles. The second-order valence-corrected chi connectivity index (χ2v) is 8.05. The van der Waals surface area contributed by atoms with Crippen molar-refractivity contribution in [3.63, 3.8) is 0 Å². The number of hydrogen-bond acceptors (Lipinski definition) is 4. The van der Waals surface area contributed by atoms with Crippen LogP contribution >= 0.6 is 0 Å². The fraction of sp³-hybridized carbons (Fsp3) is 0.238. The lowest BCUT2D eigenvalue weighted by Crippen LogP contribution is -2.30. The molecule has 28 heavy (non-hydrogen) atoms. The molecule has 148 valence electrons. The highest BCUT2D eigenvalue weighted by atomic mass is 32.2. The van der Waals surface area contributed by atoms with Crippen molar-refractivity contribution in [1.29, 1.82) is 0 Å². The maximum absolute atomic E-state index is 12.5. The first-order valence-electron chi connectivity index (χ1n) is 8.98. The Balaban J connectivity index is 2.10. The molecule has 2 aromatic rings. The summed E-state index contributed by atoms with van der Waals surface area (Å²) in [6, 6.07) is 13.0. The number of benzene rings is 2. The van der Waals surface area contributed by atoms with Crippen molar-refractivity contribution >= 4 is 33.5 Å². The highest BCUT2D eigenvalue weighted by molar-refractivity contribution is 7.89. The van der Waals surface area contributed by atoms with Gasteiger partial charge in [-0.05, 0) is 48.0 Å². The molecule has 0 aliphatic rings. The van der Waals surface area contributed by atoms with E-state index in [1.165, 1.54) is 41.6 Å². The number of amides is 1. The Morgan fingerprint density at radius 2 is 1.54 bits per heavy atom. The van der Waals surface area contributed by atoms with Crippen molar-refractivity contribution in [3.8, 4) is 0 Å². The second kappa shape index (κ2) is 9.43. The number of anilines is 1. The second-order valence-electron chi connectivity index (χ2n) is 6.11. The minimum atomic E-state index is -3.54. The third-order valence-electron chi connectivity index (χ3n) is 4.14. The van der Waals surface area contributed by atoms with Crippen molar-refractivity contribution in [1.82, 2.24) is 4.31 Å². The van der Waals surface area contributed by atoms with Crippen LogP contribution in [0.5, 0.6) is 0 Å². The lowest BCUT2D eigenvalue weighted by Gasteiger charge is -2.18. The van der Waals surface area contributed by atoms with E-state index in [2.05, 4.69) is 5.32 Å². The van der Waals surface area contributed by atoms with E-state index in [1.54, 1.807) is 44.2 Å². The topological polar surface area (TPSA) is 83.6 Å². The highest BCUT2D eigenvalue weighted by Gasteiger charge is 2.21. The number of nitrogens with zero attached hydrogens (tertiary/aromatic N) is 1. The first kappa shape index (κ1) is 21.5. The molecule has 7 heteroatoms. The summed E-state index contributed by atoms with van der Waals surface area (Å²) < 4.78 is 26.3. The molecular formula is C21H24N2O4S. The molecule has 0 atom stereocenters. The van der Waals surface area contributed by atoms with Gasteiger partial charge in [-0.2, -0.15) is 4.31 Å². The van der Waals surface area contributed by atoms with Crippen molar-refractivity contribution in [3.05, 3.63) is 65.7 Å². The van der Waals surface area contributed by atoms with Gasteiger partial charge in [0.15, 0.2) is 5.78 Å². The minimum absolute atomic E-state index is 0.148. The van der Waals surface area contributed by atoms with Gasteiger partial charge in [0.05, 0.1) is 4.90 Å². The lowest BCUT2D eigenvalue weighted by atomic mass is 10.1. The summed E-state index contributed by atoms with van der Waals surface area (Å²) in [6.07, 6.45) is 3.10. The Bertz CT molecular complexity index is 958. The summed E-state index contributed by atoms with van der Waals surface area (Å²) in [7, 11) is -3.54. The minimum Gasteiger partial charge on any atom is -0.326 e. The number of carbonyl (C=O) groups excluding carboxylic acids is 2. The van der Waals surface area contributed by atoms with Gasteiger partial charge >= 0.3 is 0 Å². The quantitative estimate of drug-likeness (QED) is 0.542. The first-order valence-corrected chi connectivity index (χ1v) is 10.4. The molecule has 2 rings (SSSR count). The van der Waals surface area contributed by atoms with Gasteiger partial charge in [0.1, 0.15) is 0 Å².